The van der Waals surface area contributed by atoms with Gasteiger partial charge in [0.15, 0.2) is 11.6 Å². The lowest BCUT2D eigenvalue weighted by Crippen LogP contribution is -2.48. The molecular weight excluding hydrogens is 548 g/mol. The molecule has 0 spiro atoms. The second-order valence-corrected chi connectivity index (χ2v) is 9.37. The van der Waals surface area contributed by atoms with Crippen molar-refractivity contribution in [3.8, 4) is 11.9 Å². The normalized spacial score (nSPS) is 13.2. The second-order valence-electron chi connectivity index (χ2n) is 8.96. The summed E-state index contributed by atoms with van der Waals surface area (Å²) in [6, 6.07) is 9.55. The van der Waals surface area contributed by atoms with Crippen molar-refractivity contribution >= 4 is 23.3 Å². The molecule has 1 aromatic carbocycles. The number of nitrogens with one attached hydrogen (secondary N) is 1. The van der Waals surface area contributed by atoms with Gasteiger partial charge in [0.2, 0.25) is 5.82 Å². The smallest absolute Gasteiger partial charge is 0.301 e. The van der Waals surface area contributed by atoms with Crippen LogP contribution in [0.3, 0.4) is 0 Å². The first-order chi connectivity index (χ1) is 19.2. The molecule has 1 aliphatic rings. The Labute approximate surface area is 230 Å². The molecule has 4 aromatic rings. The molecule has 12 nitrogen and oxygen atoms in total. The van der Waals surface area contributed by atoms with Crippen molar-refractivity contribution < 1.29 is 23.1 Å². The molecule has 0 unspecified atom stereocenters. The number of hydrogen-bond donors (Lipinski definition) is 1. The Kier molecular flexibility index (Phi) is 7.58. The van der Waals surface area contributed by atoms with Gasteiger partial charge in [0.25, 0.3) is 5.91 Å². The molecule has 1 N–H and O–H groups in total. The fourth-order valence-corrected chi connectivity index (χ4v) is 4.31. The Balaban J connectivity index is 1.51. The first-order valence-electron chi connectivity index (χ1n) is 11.9. The van der Waals surface area contributed by atoms with Crippen LogP contribution >= 0.6 is 11.6 Å². The maximum absolute atomic E-state index is 13.8. The van der Waals surface area contributed by atoms with E-state index in [9.17, 15) is 23.6 Å². The predicted molar refractivity (Wildman–Crippen MR) is 134 cm³/mol. The minimum atomic E-state index is -2.89. The number of nitriles is 1. The number of rotatable bonds is 9. The molecule has 0 atom stereocenters. The Morgan fingerprint density at radius 3 is 2.73 bits per heavy atom. The number of aryl methyl sites for hydroxylation is 1. The number of benzene rings is 1. The van der Waals surface area contributed by atoms with Crippen molar-refractivity contribution in [1.82, 2.24) is 40.3 Å². The Morgan fingerprint density at radius 2 is 2.08 bits per heavy atom. The summed E-state index contributed by atoms with van der Waals surface area (Å²) in [6.45, 7) is 2.30. The first kappa shape index (κ1) is 27.0. The third-order valence-electron chi connectivity index (χ3n) is 6.11. The number of ketones is 1. The van der Waals surface area contributed by atoms with Crippen LogP contribution in [0.15, 0.2) is 36.5 Å². The molecule has 204 valence electrons. The van der Waals surface area contributed by atoms with E-state index in [2.05, 4.69) is 30.8 Å². The fourth-order valence-electron chi connectivity index (χ4n) is 4.11. The van der Waals surface area contributed by atoms with E-state index in [-0.39, 0.29) is 52.4 Å². The van der Waals surface area contributed by atoms with Gasteiger partial charge in [-0.2, -0.15) is 15.2 Å². The van der Waals surface area contributed by atoms with E-state index in [1.54, 1.807) is 25.1 Å². The summed E-state index contributed by atoms with van der Waals surface area (Å²) in [5.41, 5.74) is 1.82. The predicted octanol–water partition coefficient (Wildman–Crippen LogP) is 2.63. The third kappa shape index (κ3) is 5.56. The van der Waals surface area contributed by atoms with Crippen molar-refractivity contribution in [3.05, 3.63) is 81.0 Å². The lowest BCUT2D eigenvalue weighted by atomic mass is 9.93. The maximum Gasteiger partial charge on any atom is 0.301 e. The number of Topliss-reactive ketones (excluding diaryl/α,β-unsaturated/α-hetero) is 1. The van der Waals surface area contributed by atoms with Gasteiger partial charge < -0.3 is 10.1 Å². The molecule has 15 heteroatoms. The van der Waals surface area contributed by atoms with E-state index in [4.69, 9.17) is 16.3 Å². The Hall–Kier alpha value is -4.61. The second kappa shape index (κ2) is 11.2. The van der Waals surface area contributed by atoms with E-state index in [1.807, 2.05) is 6.07 Å². The number of carbonyl (C=O) groups is 2. The van der Waals surface area contributed by atoms with Gasteiger partial charge in [0, 0.05) is 18.2 Å². The number of hydrogen-bond acceptors (Lipinski definition) is 9. The maximum atomic E-state index is 13.8. The number of aromatic nitrogens is 7. The quantitative estimate of drug-likeness (QED) is 0.301. The molecule has 0 bridgehead atoms. The number of halogens is 3. The number of pyridine rings is 1. The molecule has 3 aromatic heterocycles. The zero-order valence-electron chi connectivity index (χ0n) is 20.9. The molecule has 0 saturated carbocycles. The summed E-state index contributed by atoms with van der Waals surface area (Å²) in [6.07, 6.45) is -1.63. The minimum absolute atomic E-state index is 0.0762. The highest BCUT2D eigenvalue weighted by Gasteiger charge is 2.26. The van der Waals surface area contributed by atoms with Crippen LogP contribution in [-0.2, 0) is 17.7 Å². The topological polar surface area (TPSA) is 154 Å². The molecule has 4 heterocycles. The van der Waals surface area contributed by atoms with Gasteiger partial charge >= 0.3 is 6.43 Å². The van der Waals surface area contributed by atoms with E-state index in [0.29, 0.717) is 24.3 Å². The number of carbonyl (C=O) groups excluding carboxylic acids is 2. The Bertz CT molecular complexity index is 1640. The molecule has 40 heavy (non-hydrogen) atoms. The summed E-state index contributed by atoms with van der Waals surface area (Å²) in [5.74, 6) is -1.43. The van der Waals surface area contributed by atoms with Crippen molar-refractivity contribution in [2.75, 3.05) is 13.2 Å². The van der Waals surface area contributed by atoms with Crippen LogP contribution in [-0.4, -0.2) is 65.9 Å². The third-order valence-corrected chi connectivity index (χ3v) is 6.40. The molecule has 0 aliphatic carbocycles. The lowest BCUT2D eigenvalue weighted by Gasteiger charge is -2.27. The summed E-state index contributed by atoms with van der Waals surface area (Å²) < 4.78 is 32.2. The number of tetrazole rings is 1. The average Bonchev–Trinajstić information content (AvgIpc) is 3.55. The lowest BCUT2D eigenvalue weighted by molar-refractivity contribution is -0.00347. The molecular formula is C25H20ClF2N9O3. The standard InChI is InChI=1S/C25H20ClF2N9O3/c1-13-5-14(9-29)6-18(25(39)31-16-11-40-12-16)17(13)8-21(38)20-7-15(10-36-34-23(22(27)28)32-35-36)33-37(20)24-19(26)3-2-4-30-24/h2-7,16,22H,8,10-12H2,1H3,(H,31,39). The zero-order chi connectivity index (χ0) is 28.4. The van der Waals surface area contributed by atoms with E-state index >= 15 is 0 Å². The fraction of sp³-hybridized carbons (Fsp3) is 0.280. The highest BCUT2D eigenvalue weighted by Crippen LogP contribution is 2.24. The van der Waals surface area contributed by atoms with Gasteiger partial charge in [-0.25, -0.2) is 18.4 Å². The Morgan fingerprint density at radius 1 is 1.27 bits per heavy atom. The molecule has 1 saturated heterocycles. The average molecular weight is 568 g/mol. The van der Waals surface area contributed by atoms with Crippen LogP contribution in [0.25, 0.3) is 5.82 Å². The highest BCUT2D eigenvalue weighted by atomic mass is 35.5. The van der Waals surface area contributed by atoms with Gasteiger partial charge in [-0.3, -0.25) is 9.59 Å². The summed E-state index contributed by atoms with van der Waals surface area (Å²) >= 11 is 6.34. The number of alkyl halides is 2. The van der Waals surface area contributed by atoms with Crippen molar-refractivity contribution in [3.63, 3.8) is 0 Å². The van der Waals surface area contributed by atoms with Gasteiger partial charge in [0.1, 0.15) is 12.2 Å². The van der Waals surface area contributed by atoms with Gasteiger partial charge in [0.05, 0.1) is 41.6 Å². The number of amides is 1. The van der Waals surface area contributed by atoms with Crippen molar-refractivity contribution in [2.45, 2.75) is 32.4 Å². The van der Waals surface area contributed by atoms with Gasteiger partial charge in [-0.1, -0.05) is 11.6 Å². The SMILES string of the molecule is Cc1cc(C#N)cc(C(=O)NC2COC2)c1CC(=O)c1cc(Cn2nnc(C(F)F)n2)nn1-c1ncccc1Cl. The summed E-state index contributed by atoms with van der Waals surface area (Å²) in [7, 11) is 0. The van der Waals surface area contributed by atoms with Crippen LogP contribution in [0.2, 0.25) is 5.02 Å². The molecule has 1 fully saturated rings. The highest BCUT2D eigenvalue weighted by molar-refractivity contribution is 6.32. The van der Waals surface area contributed by atoms with Crippen molar-refractivity contribution in [1.29, 1.82) is 5.26 Å². The van der Waals surface area contributed by atoms with Crippen LogP contribution in [0.4, 0.5) is 8.78 Å². The molecule has 5 rings (SSSR count). The van der Waals surface area contributed by atoms with E-state index in [0.717, 1.165) is 4.80 Å². The monoisotopic (exact) mass is 567 g/mol. The van der Waals surface area contributed by atoms with Crippen LogP contribution in [0.1, 0.15) is 55.5 Å². The van der Waals surface area contributed by atoms with Crippen LogP contribution < -0.4 is 5.32 Å². The van der Waals surface area contributed by atoms with Gasteiger partial charge in [-0.05, 0) is 53.6 Å². The van der Waals surface area contributed by atoms with Crippen LogP contribution in [0, 0.1) is 18.3 Å². The summed E-state index contributed by atoms with van der Waals surface area (Å²) in [4.78, 5) is 32.0. The number of ether oxygens (including phenoxy) is 1. The first-order valence-corrected chi connectivity index (χ1v) is 12.3. The van der Waals surface area contributed by atoms with E-state index in [1.165, 1.54) is 23.0 Å². The van der Waals surface area contributed by atoms with E-state index < -0.39 is 23.9 Å². The van der Waals surface area contributed by atoms with Crippen molar-refractivity contribution in [2.24, 2.45) is 0 Å². The largest absolute Gasteiger partial charge is 0.377 e. The molecule has 1 aliphatic heterocycles. The summed E-state index contributed by atoms with van der Waals surface area (Å²) in [5, 5.41) is 27.5. The van der Waals surface area contributed by atoms with Gasteiger partial charge in [-0.15, -0.1) is 10.2 Å². The number of nitrogens with zero attached hydrogens (tertiary/aromatic N) is 8. The zero-order valence-corrected chi connectivity index (χ0v) is 21.6. The minimum Gasteiger partial charge on any atom is -0.377 e. The van der Waals surface area contributed by atoms with Crippen LogP contribution in [0.5, 0.6) is 0 Å². The molecule has 0 radical (unpaired) electrons. The molecule has 1 amide bonds.